The number of hydrogen-bond acceptors (Lipinski definition) is 4. The first-order valence-electron chi connectivity index (χ1n) is 6.79. The summed E-state index contributed by atoms with van der Waals surface area (Å²) in [5, 5.41) is 18.3. The van der Waals surface area contributed by atoms with Crippen molar-refractivity contribution in [2.45, 2.75) is 20.5 Å². The molecule has 0 unspecified atom stereocenters. The highest BCUT2D eigenvalue weighted by Gasteiger charge is 2.24. The van der Waals surface area contributed by atoms with Crippen LogP contribution in [0.4, 0.5) is 0 Å². The lowest BCUT2D eigenvalue weighted by Gasteiger charge is -2.05. The zero-order valence-corrected chi connectivity index (χ0v) is 12.3. The van der Waals surface area contributed by atoms with Crippen molar-refractivity contribution in [2.75, 3.05) is 0 Å². The lowest BCUT2D eigenvalue weighted by atomic mass is 9.98. The first kappa shape index (κ1) is 13.6. The molecule has 0 bridgehead atoms. The Bertz CT molecular complexity index is 753. The SMILES string of the molecule is Cc1noc(C)c1-c1c(-c2ccccc2)nn(C)c1CO. The van der Waals surface area contributed by atoms with E-state index in [1.165, 1.54) is 0 Å². The molecule has 0 aliphatic heterocycles. The molecule has 0 amide bonds. The Labute approximate surface area is 122 Å². The molecule has 2 aromatic heterocycles. The average molecular weight is 283 g/mol. The molecule has 5 heteroatoms. The van der Waals surface area contributed by atoms with Crippen molar-refractivity contribution in [2.24, 2.45) is 7.05 Å². The molecule has 1 aromatic carbocycles. The Morgan fingerprint density at radius 2 is 1.86 bits per heavy atom. The largest absolute Gasteiger partial charge is 0.390 e. The van der Waals surface area contributed by atoms with Gasteiger partial charge in [0.2, 0.25) is 0 Å². The Morgan fingerprint density at radius 1 is 1.14 bits per heavy atom. The van der Waals surface area contributed by atoms with E-state index in [1.807, 2.05) is 51.2 Å². The third kappa shape index (κ3) is 2.15. The van der Waals surface area contributed by atoms with Crippen LogP contribution in [0.15, 0.2) is 34.9 Å². The minimum absolute atomic E-state index is 0.0876. The van der Waals surface area contributed by atoms with Crippen LogP contribution < -0.4 is 0 Å². The molecule has 0 atom stereocenters. The molecular weight excluding hydrogens is 266 g/mol. The number of nitrogens with zero attached hydrogens (tertiary/aromatic N) is 3. The van der Waals surface area contributed by atoms with E-state index >= 15 is 0 Å². The van der Waals surface area contributed by atoms with E-state index in [-0.39, 0.29) is 6.61 Å². The molecule has 108 valence electrons. The maximum Gasteiger partial charge on any atom is 0.141 e. The van der Waals surface area contributed by atoms with Gasteiger partial charge in [-0.05, 0) is 13.8 Å². The van der Waals surface area contributed by atoms with Gasteiger partial charge in [0.05, 0.1) is 23.6 Å². The second kappa shape index (κ2) is 5.18. The smallest absolute Gasteiger partial charge is 0.141 e. The Hall–Kier alpha value is -2.40. The summed E-state index contributed by atoms with van der Waals surface area (Å²) in [6, 6.07) is 9.92. The van der Waals surface area contributed by atoms with Crippen molar-refractivity contribution in [3.63, 3.8) is 0 Å². The summed E-state index contributed by atoms with van der Waals surface area (Å²) in [7, 11) is 1.83. The fourth-order valence-electron chi connectivity index (χ4n) is 2.64. The van der Waals surface area contributed by atoms with Crippen LogP contribution in [0, 0.1) is 13.8 Å². The first-order valence-corrected chi connectivity index (χ1v) is 6.79. The van der Waals surface area contributed by atoms with Gasteiger partial charge in [0.15, 0.2) is 0 Å². The molecular formula is C16H17N3O2. The summed E-state index contributed by atoms with van der Waals surface area (Å²) in [5.41, 5.74) is 5.18. The fraction of sp³-hybridized carbons (Fsp3) is 0.250. The Morgan fingerprint density at radius 3 is 2.43 bits per heavy atom. The number of aliphatic hydroxyl groups excluding tert-OH is 1. The van der Waals surface area contributed by atoms with Gasteiger partial charge in [0.25, 0.3) is 0 Å². The van der Waals surface area contributed by atoms with E-state index in [4.69, 9.17) is 4.52 Å². The quantitative estimate of drug-likeness (QED) is 0.802. The van der Waals surface area contributed by atoms with E-state index < -0.39 is 0 Å². The van der Waals surface area contributed by atoms with Crippen molar-refractivity contribution < 1.29 is 9.63 Å². The second-order valence-electron chi connectivity index (χ2n) is 5.02. The van der Waals surface area contributed by atoms with Crippen molar-refractivity contribution >= 4 is 0 Å². The van der Waals surface area contributed by atoms with E-state index in [0.29, 0.717) is 0 Å². The molecule has 0 saturated heterocycles. The summed E-state index contributed by atoms with van der Waals surface area (Å²) >= 11 is 0. The third-order valence-electron chi connectivity index (χ3n) is 3.65. The van der Waals surface area contributed by atoms with Gasteiger partial charge in [-0.25, -0.2) is 0 Å². The zero-order valence-electron chi connectivity index (χ0n) is 12.3. The van der Waals surface area contributed by atoms with E-state index in [2.05, 4.69) is 10.3 Å². The minimum Gasteiger partial charge on any atom is -0.390 e. The van der Waals surface area contributed by atoms with Crippen LogP contribution in [0.25, 0.3) is 22.4 Å². The standard InChI is InChI=1S/C16H17N3O2/c1-10-14(11(2)21-18-10)15-13(9-20)19(3)17-16(15)12-7-5-4-6-8-12/h4-8,20H,9H2,1-3H3. The second-order valence-corrected chi connectivity index (χ2v) is 5.02. The third-order valence-corrected chi connectivity index (χ3v) is 3.65. The summed E-state index contributed by atoms with van der Waals surface area (Å²) in [6.45, 7) is 3.68. The number of benzene rings is 1. The molecule has 0 saturated carbocycles. The highest BCUT2D eigenvalue weighted by Crippen LogP contribution is 2.37. The van der Waals surface area contributed by atoms with Gasteiger partial charge in [-0.15, -0.1) is 0 Å². The predicted octanol–water partition coefficient (Wildman–Crippen LogP) is 2.85. The molecule has 21 heavy (non-hydrogen) atoms. The van der Waals surface area contributed by atoms with Crippen LogP contribution >= 0.6 is 0 Å². The van der Waals surface area contributed by atoms with Gasteiger partial charge in [-0.1, -0.05) is 35.5 Å². The molecule has 0 spiro atoms. The Kier molecular flexibility index (Phi) is 3.35. The monoisotopic (exact) mass is 283 g/mol. The van der Waals surface area contributed by atoms with Gasteiger partial charge in [-0.2, -0.15) is 5.10 Å². The Balaban J connectivity index is 2.33. The molecule has 3 rings (SSSR count). The van der Waals surface area contributed by atoms with Crippen LogP contribution in [-0.2, 0) is 13.7 Å². The number of aliphatic hydroxyl groups is 1. The van der Waals surface area contributed by atoms with Gasteiger partial charge >= 0.3 is 0 Å². The van der Waals surface area contributed by atoms with E-state index in [1.54, 1.807) is 4.68 Å². The van der Waals surface area contributed by atoms with Crippen LogP contribution in [0.5, 0.6) is 0 Å². The number of hydrogen-bond donors (Lipinski definition) is 1. The summed E-state index contributed by atoms with van der Waals surface area (Å²) in [4.78, 5) is 0. The molecule has 2 heterocycles. The van der Waals surface area contributed by atoms with Crippen molar-refractivity contribution in [1.82, 2.24) is 14.9 Å². The van der Waals surface area contributed by atoms with E-state index in [9.17, 15) is 5.11 Å². The van der Waals surface area contributed by atoms with Crippen LogP contribution in [0.3, 0.4) is 0 Å². The number of aromatic nitrogens is 3. The first-order chi connectivity index (χ1) is 10.1. The molecule has 0 fully saturated rings. The van der Waals surface area contributed by atoms with Crippen LogP contribution in [-0.4, -0.2) is 20.0 Å². The molecule has 0 radical (unpaired) electrons. The number of aryl methyl sites for hydroxylation is 3. The average Bonchev–Trinajstić information content (AvgIpc) is 2.99. The lowest BCUT2D eigenvalue weighted by molar-refractivity contribution is 0.271. The molecule has 5 nitrogen and oxygen atoms in total. The maximum absolute atomic E-state index is 9.73. The van der Waals surface area contributed by atoms with Gasteiger partial charge in [0, 0.05) is 18.2 Å². The van der Waals surface area contributed by atoms with Crippen molar-refractivity contribution in [3.8, 4) is 22.4 Å². The van der Waals surface area contributed by atoms with Crippen molar-refractivity contribution in [1.29, 1.82) is 0 Å². The highest BCUT2D eigenvalue weighted by molar-refractivity contribution is 5.84. The highest BCUT2D eigenvalue weighted by atomic mass is 16.5. The molecule has 0 aliphatic rings. The van der Waals surface area contributed by atoms with Gasteiger partial charge in [0.1, 0.15) is 11.5 Å². The fourth-order valence-corrected chi connectivity index (χ4v) is 2.64. The van der Waals surface area contributed by atoms with E-state index in [0.717, 1.165) is 39.5 Å². The molecule has 1 N–H and O–H groups in total. The van der Waals surface area contributed by atoms with Gasteiger partial charge in [-0.3, -0.25) is 4.68 Å². The predicted molar refractivity (Wildman–Crippen MR) is 79.5 cm³/mol. The normalized spacial score (nSPS) is 11.0. The zero-order chi connectivity index (χ0) is 15.0. The topological polar surface area (TPSA) is 64.1 Å². The summed E-state index contributed by atoms with van der Waals surface area (Å²) in [6.07, 6.45) is 0. The molecule has 0 aliphatic carbocycles. The van der Waals surface area contributed by atoms with Crippen LogP contribution in [0.2, 0.25) is 0 Å². The lowest BCUT2D eigenvalue weighted by Crippen LogP contribution is -1.98. The van der Waals surface area contributed by atoms with Gasteiger partial charge < -0.3 is 9.63 Å². The van der Waals surface area contributed by atoms with Crippen molar-refractivity contribution in [3.05, 3.63) is 47.5 Å². The summed E-state index contributed by atoms with van der Waals surface area (Å²) < 4.78 is 6.99. The maximum atomic E-state index is 9.73. The summed E-state index contributed by atoms with van der Waals surface area (Å²) in [5.74, 6) is 0.729. The minimum atomic E-state index is -0.0876. The molecule has 3 aromatic rings. The number of rotatable bonds is 3. The van der Waals surface area contributed by atoms with Crippen LogP contribution in [0.1, 0.15) is 17.1 Å².